The Balaban J connectivity index is 1.84. The van der Waals surface area contributed by atoms with Crippen LogP contribution in [0.5, 0.6) is 0 Å². The first-order valence-corrected chi connectivity index (χ1v) is 10.7. The first kappa shape index (κ1) is 24.4. The number of imidazole rings is 1. The summed E-state index contributed by atoms with van der Waals surface area (Å²) in [4.78, 5) is 36.0. The van der Waals surface area contributed by atoms with E-state index in [-0.39, 0.29) is 24.3 Å². The number of carbonyl (C=O) groups excluding carboxylic acids is 2. The van der Waals surface area contributed by atoms with Gasteiger partial charge in [0.15, 0.2) is 17.0 Å². The van der Waals surface area contributed by atoms with Crippen LogP contribution in [-0.2, 0) is 21.2 Å². The molecule has 0 bridgehead atoms. The van der Waals surface area contributed by atoms with Crippen LogP contribution in [0.3, 0.4) is 0 Å². The number of hydrogen-bond donors (Lipinski definition) is 2. The van der Waals surface area contributed by atoms with Gasteiger partial charge in [-0.25, -0.2) is 14.3 Å². The van der Waals surface area contributed by atoms with Crippen molar-refractivity contribution in [3.63, 3.8) is 0 Å². The van der Waals surface area contributed by atoms with E-state index in [1.54, 1.807) is 32.9 Å². The highest BCUT2D eigenvalue weighted by Gasteiger charge is 2.58. The first-order valence-electron chi connectivity index (χ1n) is 10.7. The number of nitrogens with two attached hydrogens (primary N) is 1. The van der Waals surface area contributed by atoms with Crippen LogP contribution in [0.1, 0.15) is 38.3 Å². The van der Waals surface area contributed by atoms with E-state index in [0.29, 0.717) is 11.8 Å². The van der Waals surface area contributed by atoms with Gasteiger partial charge in [-0.3, -0.25) is 14.7 Å². The van der Waals surface area contributed by atoms with E-state index in [4.69, 9.17) is 10.5 Å². The number of amides is 2. The number of nitrogens with one attached hydrogen (secondary N) is 1. The highest BCUT2D eigenvalue weighted by molar-refractivity contribution is 6.01. The Labute approximate surface area is 198 Å². The summed E-state index contributed by atoms with van der Waals surface area (Å²) in [6.07, 6.45) is -0.793. The maximum atomic E-state index is 13.8. The summed E-state index contributed by atoms with van der Waals surface area (Å²) in [5.41, 5.74) is 2.56. The molecule has 1 aliphatic rings. The average Bonchev–Trinajstić information content (AvgIpc) is 3.32. The Morgan fingerprint density at radius 3 is 2.66 bits per heavy atom. The third-order valence-electron chi connectivity index (χ3n) is 5.57. The summed E-state index contributed by atoms with van der Waals surface area (Å²) in [7, 11) is 0. The molecule has 3 N–H and O–H groups in total. The Morgan fingerprint density at radius 2 is 2.00 bits per heavy atom. The van der Waals surface area contributed by atoms with Crippen molar-refractivity contribution in [3.05, 3.63) is 54.1 Å². The Kier molecular flexibility index (Phi) is 5.91. The lowest BCUT2D eigenvalue weighted by molar-refractivity contribution is -0.138. The van der Waals surface area contributed by atoms with E-state index in [9.17, 15) is 22.8 Å². The summed E-state index contributed by atoms with van der Waals surface area (Å²) in [6.45, 7) is 4.89. The number of anilines is 1. The minimum atomic E-state index is -4.73. The van der Waals surface area contributed by atoms with Crippen LogP contribution >= 0.6 is 0 Å². The van der Waals surface area contributed by atoms with Crippen molar-refractivity contribution in [1.82, 2.24) is 24.5 Å². The Bertz CT molecular complexity index is 1240. The van der Waals surface area contributed by atoms with Crippen molar-refractivity contribution in [2.24, 2.45) is 5.73 Å². The van der Waals surface area contributed by atoms with Crippen LogP contribution in [0.15, 0.2) is 43.0 Å². The molecule has 4 heterocycles. The molecule has 2 atom stereocenters. The lowest BCUT2D eigenvalue weighted by Gasteiger charge is -2.40. The van der Waals surface area contributed by atoms with Gasteiger partial charge < -0.3 is 15.8 Å². The molecule has 3 aromatic rings. The topological polar surface area (TPSA) is 128 Å². The zero-order valence-corrected chi connectivity index (χ0v) is 19.2. The fraction of sp³-hybridized carbons (Fsp3) is 0.409. The van der Waals surface area contributed by atoms with Gasteiger partial charge in [-0.1, -0.05) is 0 Å². The van der Waals surface area contributed by atoms with Crippen molar-refractivity contribution < 1.29 is 27.5 Å². The van der Waals surface area contributed by atoms with Gasteiger partial charge in [0.2, 0.25) is 0 Å². The fourth-order valence-corrected chi connectivity index (χ4v) is 4.10. The molecular formula is C22H24F3N7O3. The minimum Gasteiger partial charge on any atom is -0.444 e. The van der Waals surface area contributed by atoms with E-state index in [1.807, 2.05) is 0 Å². The molecule has 2 amide bonds. The number of likely N-dealkylation sites (tertiary alicyclic amines) is 1. The maximum absolute atomic E-state index is 13.8. The van der Waals surface area contributed by atoms with E-state index in [2.05, 4.69) is 20.4 Å². The predicted molar refractivity (Wildman–Crippen MR) is 118 cm³/mol. The van der Waals surface area contributed by atoms with Crippen molar-refractivity contribution in [3.8, 4) is 0 Å². The molecule has 1 unspecified atom stereocenters. The number of halogens is 3. The highest BCUT2D eigenvalue weighted by atomic mass is 19.4. The largest absolute Gasteiger partial charge is 0.444 e. The SMILES string of the molecule is CC(C)(C)OC(=O)N1CCC(N)[C@@]1(C(=O)Nc1cn2ncccc2n1)c1cncc(C(F)(F)F)c1. The normalized spacial score (nSPS) is 20.8. The van der Waals surface area contributed by atoms with Crippen LogP contribution < -0.4 is 11.1 Å². The van der Waals surface area contributed by atoms with Gasteiger partial charge in [0.1, 0.15) is 5.60 Å². The number of fused-ring (bicyclic) bond motifs is 1. The second kappa shape index (κ2) is 8.48. The molecule has 3 aromatic heterocycles. The second-order valence-corrected chi connectivity index (χ2v) is 9.16. The van der Waals surface area contributed by atoms with Gasteiger partial charge in [0.25, 0.3) is 5.91 Å². The van der Waals surface area contributed by atoms with Crippen molar-refractivity contribution in [1.29, 1.82) is 0 Å². The lowest BCUT2D eigenvalue weighted by atomic mass is 9.83. The first-order chi connectivity index (χ1) is 16.3. The van der Waals surface area contributed by atoms with Crippen LogP contribution in [0.2, 0.25) is 0 Å². The summed E-state index contributed by atoms with van der Waals surface area (Å²) < 4.78 is 47.5. The summed E-state index contributed by atoms with van der Waals surface area (Å²) >= 11 is 0. The number of carbonyl (C=O) groups is 2. The summed E-state index contributed by atoms with van der Waals surface area (Å²) in [5, 5.41) is 6.68. The number of pyridine rings is 1. The molecule has 10 nitrogen and oxygen atoms in total. The van der Waals surface area contributed by atoms with Crippen LogP contribution in [0, 0.1) is 0 Å². The molecule has 1 aliphatic heterocycles. The molecular weight excluding hydrogens is 467 g/mol. The molecule has 1 saturated heterocycles. The zero-order valence-electron chi connectivity index (χ0n) is 19.2. The van der Waals surface area contributed by atoms with E-state index in [1.165, 1.54) is 16.9 Å². The van der Waals surface area contributed by atoms with E-state index < -0.39 is 40.9 Å². The third-order valence-corrected chi connectivity index (χ3v) is 5.57. The highest BCUT2D eigenvalue weighted by Crippen LogP contribution is 2.42. The molecule has 4 rings (SSSR count). The number of nitrogens with zero attached hydrogens (tertiary/aromatic N) is 5. The Hall–Kier alpha value is -3.74. The third kappa shape index (κ3) is 4.50. The molecule has 13 heteroatoms. The van der Waals surface area contributed by atoms with Gasteiger partial charge in [-0.2, -0.15) is 18.3 Å². The molecule has 0 radical (unpaired) electrons. The molecule has 35 heavy (non-hydrogen) atoms. The monoisotopic (exact) mass is 491 g/mol. The zero-order chi connectivity index (χ0) is 25.6. The average molecular weight is 491 g/mol. The van der Waals surface area contributed by atoms with Gasteiger partial charge in [-0.15, -0.1) is 0 Å². The summed E-state index contributed by atoms with van der Waals surface area (Å²) in [5.74, 6) is -0.769. The van der Waals surface area contributed by atoms with Crippen molar-refractivity contribution >= 4 is 23.5 Å². The fourth-order valence-electron chi connectivity index (χ4n) is 4.10. The van der Waals surface area contributed by atoms with Crippen LogP contribution in [0.25, 0.3) is 5.65 Å². The minimum absolute atomic E-state index is 0.0214. The van der Waals surface area contributed by atoms with E-state index in [0.717, 1.165) is 17.2 Å². The van der Waals surface area contributed by atoms with E-state index >= 15 is 0 Å². The molecule has 0 spiro atoms. The summed E-state index contributed by atoms with van der Waals surface area (Å²) in [6, 6.07) is 3.03. The van der Waals surface area contributed by atoms with Gasteiger partial charge in [0, 0.05) is 36.7 Å². The van der Waals surface area contributed by atoms with Crippen LogP contribution in [0.4, 0.5) is 23.8 Å². The van der Waals surface area contributed by atoms with Crippen molar-refractivity contribution in [2.45, 2.75) is 50.6 Å². The van der Waals surface area contributed by atoms with Gasteiger partial charge in [-0.05, 0) is 45.4 Å². The van der Waals surface area contributed by atoms with Crippen LogP contribution in [-0.4, -0.2) is 54.7 Å². The second-order valence-electron chi connectivity index (χ2n) is 9.16. The van der Waals surface area contributed by atoms with Crippen molar-refractivity contribution in [2.75, 3.05) is 11.9 Å². The quantitative estimate of drug-likeness (QED) is 0.577. The molecule has 186 valence electrons. The van der Waals surface area contributed by atoms with Gasteiger partial charge in [0.05, 0.1) is 11.8 Å². The lowest BCUT2D eigenvalue weighted by Crippen LogP contribution is -2.61. The predicted octanol–water partition coefficient (Wildman–Crippen LogP) is 2.95. The Morgan fingerprint density at radius 1 is 1.26 bits per heavy atom. The number of ether oxygens (including phenoxy) is 1. The maximum Gasteiger partial charge on any atom is 0.417 e. The standard InChI is InChI=1S/C22H24F3N7O3/c1-20(2,3)35-19(34)31-8-6-15(26)21(31,13-9-14(11-27-10-13)22(23,24)25)18(33)30-16-12-32-17(29-16)5-4-7-28-32/h4-5,7,9-12,15H,6,8,26H2,1-3H3,(H,30,33)/t15?,21-/m1/s1. The molecule has 0 aliphatic carbocycles. The smallest absolute Gasteiger partial charge is 0.417 e. The molecule has 0 aromatic carbocycles. The van der Waals surface area contributed by atoms with Gasteiger partial charge >= 0.3 is 12.3 Å². The number of rotatable bonds is 3. The molecule has 0 saturated carbocycles. The molecule has 1 fully saturated rings. The number of alkyl halides is 3. The number of hydrogen-bond acceptors (Lipinski definition) is 7. The number of aromatic nitrogens is 4.